The Kier molecular flexibility index (Phi) is 7.54. The first kappa shape index (κ1) is 22.2. The quantitative estimate of drug-likeness (QED) is 0.368. The zero-order chi connectivity index (χ0) is 21.6. The molecule has 1 aromatic rings. The lowest BCUT2D eigenvalue weighted by atomic mass is 10.0. The lowest BCUT2D eigenvalue weighted by Crippen LogP contribution is -2.56. The van der Waals surface area contributed by atoms with E-state index in [-0.39, 0.29) is 18.7 Å². The van der Waals surface area contributed by atoms with Gasteiger partial charge in [0.15, 0.2) is 0 Å². The van der Waals surface area contributed by atoms with E-state index in [2.05, 4.69) is 10.6 Å². The number of phenols is 1. The van der Waals surface area contributed by atoms with E-state index < -0.39 is 41.8 Å². The van der Waals surface area contributed by atoms with Crippen molar-refractivity contribution in [1.82, 2.24) is 15.5 Å². The van der Waals surface area contributed by atoms with Crippen LogP contribution in [0.4, 0.5) is 0 Å². The van der Waals surface area contributed by atoms with Crippen molar-refractivity contribution in [2.45, 2.75) is 44.3 Å². The molecule has 10 heteroatoms. The maximum absolute atomic E-state index is 13.1. The Bertz CT molecular complexity index is 766. The van der Waals surface area contributed by atoms with Crippen molar-refractivity contribution < 1.29 is 29.4 Å². The highest BCUT2D eigenvalue weighted by Crippen LogP contribution is 2.20. The van der Waals surface area contributed by atoms with E-state index in [1.807, 2.05) is 0 Å². The average molecular weight is 406 g/mol. The monoisotopic (exact) mass is 406 g/mol. The molecule has 0 aromatic heterocycles. The highest BCUT2D eigenvalue weighted by molar-refractivity contribution is 5.94. The number of carbonyl (C=O) groups is 4. The first-order valence-electron chi connectivity index (χ1n) is 9.34. The summed E-state index contributed by atoms with van der Waals surface area (Å²) in [6.07, 6.45) is 1.14. The number of amides is 3. The number of nitrogens with one attached hydrogen (secondary N) is 2. The molecule has 2 rings (SSSR count). The molecule has 158 valence electrons. The Morgan fingerprint density at radius 3 is 2.45 bits per heavy atom. The molecular formula is C19H26N4O6. The first-order chi connectivity index (χ1) is 13.7. The number of hydrogen-bond donors (Lipinski definition) is 5. The van der Waals surface area contributed by atoms with Crippen LogP contribution in [0.15, 0.2) is 24.3 Å². The van der Waals surface area contributed by atoms with Crippen molar-refractivity contribution in [2.24, 2.45) is 5.73 Å². The summed E-state index contributed by atoms with van der Waals surface area (Å²) >= 11 is 0. The summed E-state index contributed by atoms with van der Waals surface area (Å²) < 4.78 is 0. The van der Waals surface area contributed by atoms with Crippen molar-refractivity contribution >= 4 is 23.7 Å². The Morgan fingerprint density at radius 2 is 1.86 bits per heavy atom. The molecule has 0 saturated carbocycles. The van der Waals surface area contributed by atoms with Gasteiger partial charge in [-0.2, -0.15) is 0 Å². The van der Waals surface area contributed by atoms with Crippen molar-refractivity contribution in [2.75, 3.05) is 13.1 Å². The number of aromatic hydroxyl groups is 1. The van der Waals surface area contributed by atoms with E-state index in [9.17, 15) is 24.3 Å². The Labute approximate surface area is 168 Å². The number of nitrogens with two attached hydrogens (primary N) is 1. The number of likely N-dealkylation sites (tertiary alicyclic amines) is 1. The number of rotatable bonds is 8. The van der Waals surface area contributed by atoms with Crippen molar-refractivity contribution in [3.63, 3.8) is 0 Å². The summed E-state index contributed by atoms with van der Waals surface area (Å²) in [5.74, 6) is -2.59. The van der Waals surface area contributed by atoms with Gasteiger partial charge in [-0.1, -0.05) is 12.1 Å². The van der Waals surface area contributed by atoms with Gasteiger partial charge in [-0.05, 0) is 37.5 Å². The van der Waals surface area contributed by atoms with Gasteiger partial charge >= 0.3 is 5.97 Å². The molecule has 6 N–H and O–H groups in total. The topological polar surface area (TPSA) is 162 Å². The van der Waals surface area contributed by atoms with Gasteiger partial charge in [0, 0.05) is 13.0 Å². The van der Waals surface area contributed by atoms with E-state index >= 15 is 0 Å². The second-order valence-electron chi connectivity index (χ2n) is 6.95. The van der Waals surface area contributed by atoms with E-state index in [1.165, 1.54) is 24.0 Å². The van der Waals surface area contributed by atoms with Gasteiger partial charge in [0.1, 0.15) is 23.9 Å². The minimum Gasteiger partial charge on any atom is -0.508 e. The highest BCUT2D eigenvalue weighted by atomic mass is 16.4. The second-order valence-corrected chi connectivity index (χ2v) is 6.95. The van der Waals surface area contributed by atoms with Crippen molar-refractivity contribution in [1.29, 1.82) is 0 Å². The summed E-state index contributed by atoms with van der Waals surface area (Å²) in [7, 11) is 0. The SMILES string of the molecule is CC(NC(=O)C1CCCN1C(=O)C(Cc1ccc(O)cc1)NC(=O)CN)C(=O)O. The largest absolute Gasteiger partial charge is 0.508 e. The van der Waals surface area contributed by atoms with Gasteiger partial charge in [-0.3, -0.25) is 19.2 Å². The first-order valence-corrected chi connectivity index (χ1v) is 9.34. The molecular weight excluding hydrogens is 380 g/mol. The normalized spacial score (nSPS) is 18.0. The van der Waals surface area contributed by atoms with Gasteiger partial charge in [0.25, 0.3) is 0 Å². The van der Waals surface area contributed by atoms with Crippen LogP contribution in [0.2, 0.25) is 0 Å². The van der Waals surface area contributed by atoms with Crippen LogP contribution in [-0.4, -0.2) is 70.0 Å². The van der Waals surface area contributed by atoms with Crippen LogP contribution < -0.4 is 16.4 Å². The standard InChI is InChI=1S/C19H26N4O6/c1-11(19(28)29)21-17(26)15-3-2-8-23(15)18(27)14(22-16(25)10-20)9-12-4-6-13(24)7-5-12/h4-7,11,14-15,24H,2-3,8-10,20H2,1H3,(H,21,26)(H,22,25)(H,28,29). The number of nitrogens with zero attached hydrogens (tertiary/aromatic N) is 1. The number of phenolic OH excluding ortho intramolecular Hbond substituents is 1. The number of hydrogen-bond acceptors (Lipinski definition) is 6. The smallest absolute Gasteiger partial charge is 0.325 e. The third-order valence-corrected chi connectivity index (χ3v) is 4.76. The molecule has 1 aliphatic heterocycles. The van der Waals surface area contributed by atoms with Crippen LogP contribution in [0.5, 0.6) is 5.75 Å². The molecule has 1 fully saturated rings. The van der Waals surface area contributed by atoms with Gasteiger partial charge in [-0.15, -0.1) is 0 Å². The maximum Gasteiger partial charge on any atom is 0.325 e. The fraction of sp³-hybridized carbons (Fsp3) is 0.474. The van der Waals surface area contributed by atoms with Crippen LogP contribution >= 0.6 is 0 Å². The molecule has 3 amide bonds. The molecule has 1 saturated heterocycles. The number of carboxylic acid groups (broad SMARTS) is 1. The number of carboxylic acids is 1. The van der Waals surface area contributed by atoms with Gasteiger partial charge in [0.05, 0.1) is 6.54 Å². The summed E-state index contributed by atoms with van der Waals surface area (Å²) in [5.41, 5.74) is 6.06. The molecule has 3 atom stereocenters. The van der Waals surface area contributed by atoms with Crippen LogP contribution in [0.3, 0.4) is 0 Å². The van der Waals surface area contributed by atoms with E-state index in [4.69, 9.17) is 10.8 Å². The molecule has 0 radical (unpaired) electrons. The predicted molar refractivity (Wildman–Crippen MR) is 103 cm³/mol. The molecule has 0 aliphatic carbocycles. The Balaban J connectivity index is 2.16. The summed E-state index contributed by atoms with van der Waals surface area (Å²) in [4.78, 5) is 49.8. The minimum absolute atomic E-state index is 0.0754. The summed E-state index contributed by atoms with van der Waals surface area (Å²) in [6.45, 7) is 1.37. The van der Waals surface area contributed by atoms with E-state index in [0.717, 1.165) is 0 Å². The van der Waals surface area contributed by atoms with Crippen molar-refractivity contribution in [3.8, 4) is 5.75 Å². The molecule has 1 heterocycles. The fourth-order valence-electron chi connectivity index (χ4n) is 3.20. The molecule has 1 aromatic carbocycles. The Hall–Kier alpha value is -3.14. The zero-order valence-corrected chi connectivity index (χ0v) is 16.1. The molecule has 3 unspecified atom stereocenters. The van der Waals surface area contributed by atoms with Crippen LogP contribution in [0, 0.1) is 0 Å². The molecule has 0 spiro atoms. The average Bonchev–Trinajstić information content (AvgIpc) is 3.18. The number of aliphatic carboxylic acids is 1. The zero-order valence-electron chi connectivity index (χ0n) is 16.1. The number of carbonyl (C=O) groups excluding carboxylic acids is 3. The molecule has 10 nitrogen and oxygen atoms in total. The highest BCUT2D eigenvalue weighted by Gasteiger charge is 2.38. The summed E-state index contributed by atoms with van der Waals surface area (Å²) in [6, 6.07) is 3.38. The third kappa shape index (κ3) is 5.92. The van der Waals surface area contributed by atoms with Gasteiger partial charge in [-0.25, -0.2) is 0 Å². The van der Waals surface area contributed by atoms with Gasteiger partial charge < -0.3 is 31.5 Å². The van der Waals surface area contributed by atoms with Crippen molar-refractivity contribution in [3.05, 3.63) is 29.8 Å². The van der Waals surface area contributed by atoms with E-state index in [1.54, 1.807) is 12.1 Å². The van der Waals surface area contributed by atoms with Crippen LogP contribution in [-0.2, 0) is 25.6 Å². The van der Waals surface area contributed by atoms with Crippen LogP contribution in [0.1, 0.15) is 25.3 Å². The lowest BCUT2D eigenvalue weighted by Gasteiger charge is -2.29. The fourth-order valence-corrected chi connectivity index (χ4v) is 3.20. The maximum atomic E-state index is 13.1. The Morgan fingerprint density at radius 1 is 1.21 bits per heavy atom. The molecule has 0 bridgehead atoms. The molecule has 1 aliphatic rings. The molecule has 29 heavy (non-hydrogen) atoms. The summed E-state index contributed by atoms with van der Waals surface area (Å²) in [5, 5.41) is 23.4. The minimum atomic E-state index is -1.17. The van der Waals surface area contributed by atoms with Gasteiger partial charge in [0.2, 0.25) is 17.7 Å². The number of benzene rings is 1. The third-order valence-electron chi connectivity index (χ3n) is 4.76. The lowest BCUT2D eigenvalue weighted by molar-refractivity contribution is -0.144. The second kappa shape index (κ2) is 9.87. The van der Waals surface area contributed by atoms with E-state index in [0.29, 0.717) is 24.9 Å². The predicted octanol–water partition coefficient (Wildman–Crippen LogP) is -1.04. The van der Waals surface area contributed by atoms with Crippen LogP contribution in [0.25, 0.3) is 0 Å².